The van der Waals surface area contributed by atoms with E-state index in [0.29, 0.717) is 11.3 Å². The van der Waals surface area contributed by atoms with E-state index in [9.17, 15) is 4.79 Å². The number of carboxylic acids is 1. The summed E-state index contributed by atoms with van der Waals surface area (Å²) in [5.41, 5.74) is 1.67. The summed E-state index contributed by atoms with van der Waals surface area (Å²) in [5.74, 6) is -0.197. The van der Waals surface area contributed by atoms with Crippen molar-refractivity contribution in [1.82, 2.24) is 0 Å². The Labute approximate surface area is 125 Å². The van der Waals surface area contributed by atoms with Crippen molar-refractivity contribution in [1.29, 1.82) is 0 Å². The Morgan fingerprint density at radius 1 is 1.30 bits per heavy atom. The smallest absolute Gasteiger partial charge is 0.341 e. The molecule has 0 fully saturated rings. The van der Waals surface area contributed by atoms with Gasteiger partial charge < -0.3 is 14.3 Å². The number of carboxylic acid groups (broad SMARTS) is 1. The first kappa shape index (κ1) is 14.8. The molecule has 0 aliphatic heterocycles. The van der Waals surface area contributed by atoms with Gasteiger partial charge >= 0.3 is 5.97 Å². The van der Waals surface area contributed by atoms with Crippen molar-refractivity contribution in [2.75, 3.05) is 6.61 Å². The zero-order chi connectivity index (χ0) is 14.7. The summed E-state index contributed by atoms with van der Waals surface area (Å²) in [4.78, 5) is 10.5. The predicted molar refractivity (Wildman–Crippen MR) is 76.7 cm³/mol. The number of rotatable bonds is 5. The summed E-state index contributed by atoms with van der Waals surface area (Å²) in [6.45, 7) is 1.53. The SMILES string of the molecule is CCc1ccoc1-c1ccc(OCC(=O)O)c(Cl)c1Cl. The standard InChI is InChI=1S/C14H12Cl2O4/c1-2-8-5-6-19-14(8)9-3-4-10(13(16)12(9)15)20-7-11(17)18/h3-6H,2,7H2,1H3,(H,17,18). The lowest BCUT2D eigenvalue weighted by Gasteiger charge is -2.10. The first-order valence-corrected chi connectivity index (χ1v) is 6.69. The van der Waals surface area contributed by atoms with Crippen LogP contribution in [0.4, 0.5) is 0 Å². The van der Waals surface area contributed by atoms with Gasteiger partial charge in [0, 0.05) is 5.56 Å². The first-order valence-electron chi connectivity index (χ1n) is 5.94. The van der Waals surface area contributed by atoms with Crippen molar-refractivity contribution in [3.63, 3.8) is 0 Å². The van der Waals surface area contributed by atoms with Crippen LogP contribution in [-0.2, 0) is 11.2 Å². The summed E-state index contributed by atoms with van der Waals surface area (Å²) in [6.07, 6.45) is 2.39. The average Bonchev–Trinajstić information content (AvgIpc) is 2.88. The molecule has 6 heteroatoms. The predicted octanol–water partition coefficient (Wildman–Crippen LogP) is 4.28. The highest BCUT2D eigenvalue weighted by Crippen LogP contribution is 2.40. The summed E-state index contributed by atoms with van der Waals surface area (Å²) >= 11 is 12.3. The number of carbonyl (C=O) groups is 1. The lowest BCUT2D eigenvalue weighted by Crippen LogP contribution is -2.09. The maximum atomic E-state index is 10.5. The first-order chi connectivity index (χ1) is 9.54. The van der Waals surface area contributed by atoms with Gasteiger partial charge in [0.25, 0.3) is 0 Å². The average molecular weight is 315 g/mol. The maximum absolute atomic E-state index is 10.5. The van der Waals surface area contributed by atoms with Crippen LogP contribution < -0.4 is 4.74 Å². The second kappa shape index (κ2) is 6.20. The molecule has 1 aromatic carbocycles. The third-order valence-electron chi connectivity index (χ3n) is 2.77. The molecule has 1 aromatic heterocycles. The number of hydrogen-bond donors (Lipinski definition) is 1. The van der Waals surface area contributed by atoms with Crippen LogP contribution in [0.5, 0.6) is 5.75 Å². The molecule has 0 amide bonds. The van der Waals surface area contributed by atoms with E-state index in [4.69, 9.17) is 37.5 Å². The number of aryl methyl sites for hydroxylation is 1. The number of benzene rings is 1. The maximum Gasteiger partial charge on any atom is 0.341 e. The number of halogens is 2. The Morgan fingerprint density at radius 3 is 2.70 bits per heavy atom. The molecule has 0 bridgehead atoms. The fraction of sp³-hybridized carbons (Fsp3) is 0.214. The van der Waals surface area contributed by atoms with Gasteiger partial charge in [-0.3, -0.25) is 0 Å². The van der Waals surface area contributed by atoms with Gasteiger partial charge in [-0.15, -0.1) is 0 Å². The molecule has 2 rings (SSSR count). The van der Waals surface area contributed by atoms with Gasteiger partial charge in [0.2, 0.25) is 0 Å². The highest BCUT2D eigenvalue weighted by Gasteiger charge is 2.17. The normalized spacial score (nSPS) is 10.6. The molecule has 1 heterocycles. The molecule has 1 N–H and O–H groups in total. The lowest BCUT2D eigenvalue weighted by atomic mass is 10.1. The number of furan rings is 1. The van der Waals surface area contributed by atoms with Crippen LogP contribution in [0.15, 0.2) is 28.9 Å². The fourth-order valence-corrected chi connectivity index (χ4v) is 2.27. The van der Waals surface area contributed by atoms with Gasteiger partial charge in [-0.25, -0.2) is 4.79 Å². The number of hydrogen-bond acceptors (Lipinski definition) is 3. The van der Waals surface area contributed by atoms with E-state index in [2.05, 4.69) is 0 Å². The Morgan fingerprint density at radius 2 is 2.05 bits per heavy atom. The van der Waals surface area contributed by atoms with Crippen LogP contribution in [0.3, 0.4) is 0 Å². The molecule has 0 spiro atoms. The minimum absolute atomic E-state index is 0.170. The van der Waals surface area contributed by atoms with Gasteiger partial charge in [0.05, 0.1) is 11.3 Å². The molecule has 2 aromatic rings. The van der Waals surface area contributed by atoms with Gasteiger partial charge in [0.1, 0.15) is 16.5 Å². The van der Waals surface area contributed by atoms with Crippen molar-refractivity contribution in [3.05, 3.63) is 40.1 Å². The lowest BCUT2D eigenvalue weighted by molar-refractivity contribution is -0.139. The number of aliphatic carboxylic acids is 1. The topological polar surface area (TPSA) is 59.7 Å². The molecule has 0 radical (unpaired) electrons. The molecule has 0 aliphatic carbocycles. The van der Waals surface area contributed by atoms with Crippen LogP contribution >= 0.6 is 23.2 Å². The molecule has 20 heavy (non-hydrogen) atoms. The summed E-state index contributed by atoms with van der Waals surface area (Å²) in [5, 5.41) is 9.04. The van der Waals surface area contributed by atoms with E-state index < -0.39 is 12.6 Å². The van der Waals surface area contributed by atoms with Crippen LogP contribution in [0, 0.1) is 0 Å². The highest BCUT2D eigenvalue weighted by molar-refractivity contribution is 6.44. The Hall–Kier alpha value is -1.65. The molecule has 106 valence electrons. The molecular formula is C14H12Cl2O4. The van der Waals surface area contributed by atoms with E-state index in [0.717, 1.165) is 12.0 Å². The third-order valence-corrected chi connectivity index (χ3v) is 3.63. The van der Waals surface area contributed by atoms with Crippen molar-refractivity contribution < 1.29 is 19.1 Å². The molecule has 0 atom stereocenters. The fourth-order valence-electron chi connectivity index (χ4n) is 1.81. The third kappa shape index (κ3) is 2.92. The van der Waals surface area contributed by atoms with E-state index >= 15 is 0 Å². The second-order valence-electron chi connectivity index (χ2n) is 4.05. The quantitative estimate of drug-likeness (QED) is 0.894. The Balaban J connectivity index is 2.38. The monoisotopic (exact) mass is 314 g/mol. The minimum atomic E-state index is -1.08. The van der Waals surface area contributed by atoms with Crippen LogP contribution in [0.2, 0.25) is 10.0 Å². The number of ether oxygens (including phenoxy) is 1. The minimum Gasteiger partial charge on any atom is -0.480 e. The Bertz CT molecular complexity index is 634. The van der Waals surface area contributed by atoms with Crippen molar-refractivity contribution in [2.45, 2.75) is 13.3 Å². The molecule has 0 saturated carbocycles. The highest BCUT2D eigenvalue weighted by atomic mass is 35.5. The van der Waals surface area contributed by atoms with E-state index in [1.165, 1.54) is 0 Å². The summed E-state index contributed by atoms with van der Waals surface area (Å²) < 4.78 is 10.5. The summed E-state index contributed by atoms with van der Waals surface area (Å²) in [7, 11) is 0. The van der Waals surface area contributed by atoms with Crippen molar-refractivity contribution in [2.24, 2.45) is 0 Å². The van der Waals surface area contributed by atoms with E-state index in [1.54, 1.807) is 18.4 Å². The van der Waals surface area contributed by atoms with Crippen LogP contribution in [0.25, 0.3) is 11.3 Å². The molecule has 0 unspecified atom stereocenters. The van der Waals surface area contributed by atoms with Crippen molar-refractivity contribution >= 4 is 29.2 Å². The largest absolute Gasteiger partial charge is 0.480 e. The van der Waals surface area contributed by atoms with Crippen molar-refractivity contribution in [3.8, 4) is 17.1 Å². The van der Waals surface area contributed by atoms with Gasteiger partial charge in [-0.2, -0.15) is 0 Å². The zero-order valence-electron chi connectivity index (χ0n) is 10.7. The molecule has 0 aliphatic rings. The van der Waals surface area contributed by atoms with E-state index in [1.807, 2.05) is 13.0 Å². The van der Waals surface area contributed by atoms with Gasteiger partial charge in [-0.05, 0) is 30.2 Å². The zero-order valence-corrected chi connectivity index (χ0v) is 12.2. The van der Waals surface area contributed by atoms with Crippen LogP contribution in [0.1, 0.15) is 12.5 Å². The summed E-state index contributed by atoms with van der Waals surface area (Å²) in [6, 6.07) is 5.15. The van der Waals surface area contributed by atoms with Gasteiger partial charge in [0.15, 0.2) is 6.61 Å². The Kier molecular flexibility index (Phi) is 4.57. The van der Waals surface area contributed by atoms with Gasteiger partial charge in [-0.1, -0.05) is 30.1 Å². The molecular weight excluding hydrogens is 303 g/mol. The molecule has 0 saturated heterocycles. The van der Waals surface area contributed by atoms with Crippen LogP contribution in [-0.4, -0.2) is 17.7 Å². The van der Waals surface area contributed by atoms with E-state index in [-0.39, 0.29) is 15.8 Å². The second-order valence-corrected chi connectivity index (χ2v) is 4.81. The molecule has 4 nitrogen and oxygen atoms in total.